The Morgan fingerprint density at radius 1 is 1.08 bits per heavy atom. The Balaban J connectivity index is 2.02. The van der Waals surface area contributed by atoms with E-state index < -0.39 is 0 Å². The summed E-state index contributed by atoms with van der Waals surface area (Å²) in [6.07, 6.45) is 1.97. The fourth-order valence-electron chi connectivity index (χ4n) is 5.44. The molecule has 6 nitrogen and oxygen atoms in total. The van der Waals surface area contributed by atoms with Crippen molar-refractivity contribution in [2.45, 2.75) is 85.0 Å². The summed E-state index contributed by atoms with van der Waals surface area (Å²) in [5, 5.41) is 14.1. The van der Waals surface area contributed by atoms with Gasteiger partial charge in [0.2, 0.25) is 5.91 Å². The maximum absolute atomic E-state index is 13.8. The van der Waals surface area contributed by atoms with Gasteiger partial charge in [-0.1, -0.05) is 73.1 Å². The van der Waals surface area contributed by atoms with Crippen molar-refractivity contribution in [3.05, 3.63) is 58.7 Å². The third-order valence-electron chi connectivity index (χ3n) is 7.26. The number of amides is 1. The molecule has 1 aliphatic heterocycles. The standard InChI is InChI=1S/C31H42BrN3O3/c1-9-12-20-17-35(29(34-32)27(20)22-13-10-11-14-25(22)33-19(2)36)18-26(37)21-15-23(30(3,4)5)28(38)24(16-21)31(6,7)8/h10-11,13-16,20,27,38H,9,12,17-18H2,1-8H3,(H,33,36)/b34-29-/t20-,27-/m0/s1. The lowest BCUT2D eigenvalue weighted by molar-refractivity contribution is -0.114. The molecule has 0 bridgehead atoms. The minimum absolute atomic E-state index is 0.0132. The van der Waals surface area contributed by atoms with Crippen molar-refractivity contribution in [3.8, 4) is 5.75 Å². The Bertz CT molecular complexity index is 1190. The van der Waals surface area contributed by atoms with E-state index in [9.17, 15) is 14.7 Å². The maximum Gasteiger partial charge on any atom is 0.221 e. The van der Waals surface area contributed by atoms with Crippen molar-refractivity contribution in [3.63, 3.8) is 0 Å². The lowest BCUT2D eigenvalue weighted by Crippen LogP contribution is -2.33. The molecule has 0 saturated carbocycles. The van der Waals surface area contributed by atoms with Gasteiger partial charge in [0.05, 0.1) is 22.7 Å². The van der Waals surface area contributed by atoms with Gasteiger partial charge in [-0.25, -0.2) is 0 Å². The number of carbonyl (C=O) groups excluding carboxylic acids is 2. The first kappa shape index (κ1) is 29.9. The minimum atomic E-state index is -0.318. The van der Waals surface area contributed by atoms with Crippen LogP contribution in [-0.2, 0) is 15.6 Å². The second kappa shape index (κ2) is 11.6. The van der Waals surface area contributed by atoms with Crippen molar-refractivity contribution >= 4 is 39.4 Å². The van der Waals surface area contributed by atoms with E-state index in [0.717, 1.165) is 41.1 Å². The maximum atomic E-state index is 13.8. The van der Waals surface area contributed by atoms with E-state index in [4.69, 9.17) is 0 Å². The monoisotopic (exact) mass is 583 g/mol. The highest BCUT2D eigenvalue weighted by Crippen LogP contribution is 2.42. The summed E-state index contributed by atoms with van der Waals surface area (Å²) in [6.45, 7) is 16.8. The van der Waals surface area contributed by atoms with Crippen LogP contribution in [0.3, 0.4) is 0 Å². The smallest absolute Gasteiger partial charge is 0.221 e. The summed E-state index contributed by atoms with van der Waals surface area (Å²) < 4.78 is 4.50. The number of amidine groups is 1. The minimum Gasteiger partial charge on any atom is -0.507 e. The average Bonchev–Trinajstić information content (AvgIpc) is 3.14. The number of carbonyl (C=O) groups is 2. The molecule has 0 radical (unpaired) electrons. The topological polar surface area (TPSA) is 82.0 Å². The Morgan fingerprint density at radius 2 is 1.66 bits per heavy atom. The molecule has 7 heteroatoms. The molecule has 1 heterocycles. The zero-order valence-electron chi connectivity index (χ0n) is 24.0. The van der Waals surface area contributed by atoms with Crippen molar-refractivity contribution < 1.29 is 14.7 Å². The van der Waals surface area contributed by atoms with E-state index in [1.807, 2.05) is 77.9 Å². The van der Waals surface area contributed by atoms with E-state index in [2.05, 4.69) is 37.3 Å². The molecule has 0 unspecified atom stereocenters. The summed E-state index contributed by atoms with van der Waals surface area (Å²) in [5.74, 6) is 1.11. The number of phenols is 1. The molecule has 2 atom stereocenters. The molecular formula is C31H42BrN3O3. The van der Waals surface area contributed by atoms with Gasteiger partial charge >= 0.3 is 0 Å². The van der Waals surface area contributed by atoms with Gasteiger partial charge in [0, 0.05) is 41.8 Å². The predicted molar refractivity (Wildman–Crippen MR) is 160 cm³/mol. The third-order valence-corrected chi connectivity index (χ3v) is 7.63. The predicted octanol–water partition coefficient (Wildman–Crippen LogP) is 7.35. The van der Waals surface area contributed by atoms with E-state index in [-0.39, 0.29) is 46.7 Å². The Hall–Kier alpha value is -2.67. The first-order chi connectivity index (χ1) is 17.7. The number of hydrogen-bond donors (Lipinski definition) is 2. The Labute approximate surface area is 236 Å². The van der Waals surface area contributed by atoms with Gasteiger partial charge in [-0.15, -0.1) is 0 Å². The van der Waals surface area contributed by atoms with Crippen LogP contribution in [0.1, 0.15) is 101 Å². The molecule has 2 N–H and O–H groups in total. The number of hydrogen-bond acceptors (Lipinski definition) is 4. The van der Waals surface area contributed by atoms with Crippen molar-refractivity contribution in [2.24, 2.45) is 9.94 Å². The molecule has 0 spiro atoms. The number of nitrogens with one attached hydrogen (secondary N) is 1. The molecule has 38 heavy (non-hydrogen) atoms. The summed E-state index contributed by atoms with van der Waals surface area (Å²) in [4.78, 5) is 27.8. The van der Waals surface area contributed by atoms with Gasteiger partial charge in [-0.05, 0) is 46.9 Å². The second-order valence-electron chi connectivity index (χ2n) is 12.5. The van der Waals surface area contributed by atoms with Crippen molar-refractivity contribution in [2.75, 3.05) is 18.4 Å². The van der Waals surface area contributed by atoms with Crippen LogP contribution in [0.25, 0.3) is 0 Å². The third kappa shape index (κ3) is 6.48. The number of phenolic OH excluding ortho intramolecular Hbond substituents is 1. The number of aromatic hydroxyl groups is 1. The quantitative estimate of drug-likeness (QED) is 0.334. The zero-order valence-corrected chi connectivity index (χ0v) is 25.6. The second-order valence-corrected chi connectivity index (χ2v) is 12.8. The fourth-order valence-corrected chi connectivity index (χ4v) is 5.88. The number of anilines is 1. The van der Waals surface area contributed by atoms with E-state index in [1.165, 1.54) is 6.92 Å². The Morgan fingerprint density at radius 3 is 2.16 bits per heavy atom. The number of likely N-dealkylation sites (tertiary alicyclic amines) is 1. The molecule has 1 saturated heterocycles. The van der Waals surface area contributed by atoms with Gasteiger partial charge in [0.25, 0.3) is 0 Å². The summed E-state index contributed by atoms with van der Waals surface area (Å²) >= 11 is 3.35. The highest BCUT2D eigenvalue weighted by molar-refractivity contribution is 9.08. The molecule has 2 aromatic rings. The zero-order chi connectivity index (χ0) is 28.4. The lowest BCUT2D eigenvalue weighted by Gasteiger charge is -2.28. The molecule has 1 fully saturated rings. The molecule has 0 aromatic heterocycles. The summed E-state index contributed by atoms with van der Waals surface area (Å²) in [6, 6.07) is 11.5. The van der Waals surface area contributed by atoms with Crippen molar-refractivity contribution in [1.29, 1.82) is 0 Å². The summed E-state index contributed by atoms with van der Waals surface area (Å²) in [7, 11) is 0. The molecule has 0 aliphatic carbocycles. The number of Topliss-reactive ketones (excluding diaryl/α,β-unsaturated/α-hetero) is 1. The molecular weight excluding hydrogens is 542 g/mol. The highest BCUT2D eigenvalue weighted by Gasteiger charge is 2.41. The number of halogens is 1. The van der Waals surface area contributed by atoms with Crippen LogP contribution in [0, 0.1) is 5.92 Å². The molecule has 1 aliphatic rings. The van der Waals surface area contributed by atoms with Crippen LogP contribution >= 0.6 is 16.1 Å². The van der Waals surface area contributed by atoms with Gasteiger partial charge in [-0.2, -0.15) is 4.02 Å². The SMILES string of the molecule is CCC[C@H]1CN(CC(=O)c2cc(C(C)(C)C)c(O)c(C(C)(C)C)c2)/C(=N\Br)[C@@H]1c1ccccc1NC(C)=O. The number of nitrogens with zero attached hydrogens (tertiary/aromatic N) is 2. The van der Waals surface area contributed by atoms with Gasteiger partial charge in [0.1, 0.15) is 11.6 Å². The average molecular weight is 585 g/mol. The molecule has 206 valence electrons. The highest BCUT2D eigenvalue weighted by atomic mass is 79.9. The van der Waals surface area contributed by atoms with Crippen LogP contribution in [-0.4, -0.2) is 40.6 Å². The Kier molecular flexibility index (Phi) is 9.12. The van der Waals surface area contributed by atoms with Gasteiger partial charge in [0.15, 0.2) is 5.78 Å². The summed E-state index contributed by atoms with van der Waals surface area (Å²) in [5.41, 5.74) is 3.29. The largest absolute Gasteiger partial charge is 0.507 e. The van der Waals surface area contributed by atoms with Gasteiger partial charge < -0.3 is 15.3 Å². The number of ketones is 1. The fraction of sp³-hybridized carbons (Fsp3) is 0.516. The number of para-hydroxylation sites is 1. The van der Waals surface area contributed by atoms with Crippen LogP contribution in [0.5, 0.6) is 5.75 Å². The van der Waals surface area contributed by atoms with E-state index >= 15 is 0 Å². The first-order valence-corrected chi connectivity index (χ1v) is 14.1. The van der Waals surface area contributed by atoms with Crippen LogP contribution in [0.4, 0.5) is 5.69 Å². The normalized spacial score (nSPS) is 19.2. The van der Waals surface area contributed by atoms with Crippen molar-refractivity contribution in [1.82, 2.24) is 4.90 Å². The molecule has 1 amide bonds. The number of benzene rings is 2. The first-order valence-electron chi connectivity index (χ1n) is 13.4. The lowest BCUT2D eigenvalue weighted by atomic mass is 9.78. The van der Waals surface area contributed by atoms with Crippen LogP contribution < -0.4 is 5.32 Å². The van der Waals surface area contributed by atoms with Gasteiger partial charge in [-0.3, -0.25) is 9.59 Å². The van der Waals surface area contributed by atoms with E-state index in [1.54, 1.807) is 0 Å². The molecule has 3 rings (SSSR count). The van der Waals surface area contributed by atoms with Crippen LogP contribution in [0.2, 0.25) is 0 Å². The number of rotatable bonds is 7. The van der Waals surface area contributed by atoms with Crippen LogP contribution in [0.15, 0.2) is 40.4 Å². The van der Waals surface area contributed by atoms with E-state index in [0.29, 0.717) is 12.1 Å². The molecule has 2 aromatic carbocycles.